The molecule has 0 saturated carbocycles. The molecule has 4 heterocycles. The van der Waals surface area contributed by atoms with Crippen molar-refractivity contribution in [3.63, 3.8) is 0 Å². The fourth-order valence-corrected chi connectivity index (χ4v) is 5.51. The van der Waals surface area contributed by atoms with Gasteiger partial charge in [0.25, 0.3) is 0 Å². The Labute approximate surface area is 218 Å². The predicted octanol–water partition coefficient (Wildman–Crippen LogP) is 4.73. The van der Waals surface area contributed by atoms with E-state index in [1.807, 2.05) is 28.8 Å². The van der Waals surface area contributed by atoms with Crippen LogP contribution < -0.4 is 4.74 Å². The van der Waals surface area contributed by atoms with E-state index in [1.54, 1.807) is 6.07 Å². The Bertz CT molecular complexity index is 1200. The van der Waals surface area contributed by atoms with E-state index in [0.717, 1.165) is 16.1 Å². The maximum atomic E-state index is 10.1. The molecule has 35 heavy (non-hydrogen) atoms. The number of aliphatic hydroxyl groups is 1. The standard InChI is InChI=1S/C24H29BrClN3O5Si/c1-35(2,3)9-8-31-13-29-23-17(10-16(26)20(28-23)14-4-6-15(25)7-5-14)27-24(29)34-19-12-33-21-18(30)11-32-22(19)21/h4-7,10,18-19,21-22,30H,8-9,11-13H2,1-3H3/t18?,19-,21-,22-/m1/s1. The first kappa shape index (κ1) is 25.1. The fraction of sp³-hybridized carbons (Fsp3) is 0.500. The van der Waals surface area contributed by atoms with Gasteiger partial charge in [0.1, 0.15) is 30.6 Å². The summed E-state index contributed by atoms with van der Waals surface area (Å²) in [7, 11) is -1.24. The molecule has 11 heteroatoms. The number of hydrogen-bond acceptors (Lipinski definition) is 7. The van der Waals surface area contributed by atoms with Gasteiger partial charge in [-0.1, -0.05) is 59.3 Å². The molecular formula is C24H29BrClN3O5Si. The third-order valence-corrected chi connectivity index (χ3v) is 8.73. The number of aliphatic hydroxyl groups excluding tert-OH is 1. The van der Waals surface area contributed by atoms with Crippen LogP contribution in [0.2, 0.25) is 30.7 Å². The molecule has 5 rings (SSSR count). The number of benzene rings is 1. The van der Waals surface area contributed by atoms with E-state index in [0.29, 0.717) is 41.1 Å². The largest absolute Gasteiger partial charge is 0.456 e. The van der Waals surface area contributed by atoms with Crippen molar-refractivity contribution in [1.82, 2.24) is 14.5 Å². The van der Waals surface area contributed by atoms with Crippen LogP contribution in [-0.2, 0) is 20.9 Å². The van der Waals surface area contributed by atoms with Crippen molar-refractivity contribution in [3.8, 4) is 17.3 Å². The average molecular weight is 583 g/mol. The van der Waals surface area contributed by atoms with Crippen LogP contribution in [0.1, 0.15) is 0 Å². The van der Waals surface area contributed by atoms with E-state index in [-0.39, 0.29) is 25.5 Å². The third-order valence-electron chi connectivity index (χ3n) is 6.21. The lowest BCUT2D eigenvalue weighted by Crippen LogP contribution is -2.35. The number of ether oxygens (including phenoxy) is 4. The van der Waals surface area contributed by atoms with Crippen LogP contribution in [0.4, 0.5) is 0 Å². The molecule has 0 radical (unpaired) electrons. The minimum absolute atomic E-state index is 0.235. The van der Waals surface area contributed by atoms with Crippen molar-refractivity contribution in [2.75, 3.05) is 19.8 Å². The zero-order chi connectivity index (χ0) is 24.7. The summed E-state index contributed by atoms with van der Waals surface area (Å²) in [6.45, 7) is 8.39. The number of nitrogens with zero attached hydrogens (tertiary/aromatic N) is 3. The van der Waals surface area contributed by atoms with Crippen molar-refractivity contribution in [2.45, 2.75) is 56.8 Å². The van der Waals surface area contributed by atoms with E-state index in [2.05, 4.69) is 40.6 Å². The molecule has 2 aliphatic rings. The van der Waals surface area contributed by atoms with Gasteiger partial charge in [-0.15, -0.1) is 0 Å². The SMILES string of the molecule is C[Si](C)(C)CCOCn1c(O[C@@H]2CO[C@@H]3C(O)CO[C@@H]32)nc2cc(Cl)c(-c3ccc(Br)cc3)nc21. The molecule has 0 bridgehead atoms. The lowest BCUT2D eigenvalue weighted by atomic mass is 10.1. The topological polar surface area (TPSA) is 87.9 Å². The van der Waals surface area contributed by atoms with Crippen LogP contribution in [0.15, 0.2) is 34.8 Å². The van der Waals surface area contributed by atoms with Gasteiger partial charge in [-0.25, -0.2) is 4.98 Å². The average Bonchev–Trinajstić information content (AvgIpc) is 3.46. The summed E-state index contributed by atoms with van der Waals surface area (Å²) in [5, 5.41) is 10.6. The van der Waals surface area contributed by atoms with Gasteiger partial charge in [0, 0.05) is 24.7 Å². The van der Waals surface area contributed by atoms with E-state index in [4.69, 9.17) is 35.5 Å². The second-order valence-corrected chi connectivity index (χ2v) is 17.1. The molecule has 2 aromatic heterocycles. The van der Waals surface area contributed by atoms with Gasteiger partial charge in [-0.3, -0.25) is 4.57 Å². The summed E-state index contributed by atoms with van der Waals surface area (Å²) in [6, 6.07) is 11.0. The lowest BCUT2D eigenvalue weighted by Gasteiger charge is -2.19. The summed E-state index contributed by atoms with van der Waals surface area (Å²) >= 11 is 10.1. The summed E-state index contributed by atoms with van der Waals surface area (Å²) in [5.41, 5.74) is 2.80. The van der Waals surface area contributed by atoms with E-state index >= 15 is 0 Å². The molecule has 2 fully saturated rings. The number of pyridine rings is 1. The summed E-state index contributed by atoms with van der Waals surface area (Å²) in [6.07, 6.45) is -1.77. The number of halogens is 2. The zero-order valence-electron chi connectivity index (χ0n) is 19.9. The highest BCUT2D eigenvalue weighted by atomic mass is 79.9. The highest BCUT2D eigenvalue weighted by Crippen LogP contribution is 2.34. The van der Waals surface area contributed by atoms with E-state index in [9.17, 15) is 5.11 Å². The van der Waals surface area contributed by atoms with Gasteiger partial charge in [0.15, 0.2) is 11.8 Å². The van der Waals surface area contributed by atoms with Crippen LogP contribution in [0.5, 0.6) is 6.01 Å². The van der Waals surface area contributed by atoms with Gasteiger partial charge in [0.05, 0.1) is 23.9 Å². The van der Waals surface area contributed by atoms with Crippen molar-refractivity contribution < 1.29 is 24.1 Å². The minimum Gasteiger partial charge on any atom is -0.456 e. The molecule has 4 atom stereocenters. The number of hydrogen-bond donors (Lipinski definition) is 1. The van der Waals surface area contributed by atoms with Crippen molar-refractivity contribution in [3.05, 3.63) is 39.8 Å². The third kappa shape index (κ3) is 5.43. The monoisotopic (exact) mass is 581 g/mol. The maximum absolute atomic E-state index is 10.1. The van der Waals surface area contributed by atoms with Gasteiger partial charge < -0.3 is 24.1 Å². The molecule has 3 aromatic rings. The molecule has 0 spiro atoms. The molecule has 2 saturated heterocycles. The molecule has 0 amide bonds. The van der Waals surface area contributed by atoms with Gasteiger partial charge in [0.2, 0.25) is 0 Å². The smallest absolute Gasteiger partial charge is 0.301 e. The highest BCUT2D eigenvalue weighted by molar-refractivity contribution is 9.10. The van der Waals surface area contributed by atoms with Crippen LogP contribution in [0, 0.1) is 0 Å². The van der Waals surface area contributed by atoms with Gasteiger partial charge in [-0.2, -0.15) is 4.98 Å². The predicted molar refractivity (Wildman–Crippen MR) is 140 cm³/mol. The Morgan fingerprint density at radius 2 is 1.89 bits per heavy atom. The molecular weight excluding hydrogens is 554 g/mol. The maximum Gasteiger partial charge on any atom is 0.301 e. The molecule has 188 valence electrons. The zero-order valence-corrected chi connectivity index (χ0v) is 23.3. The van der Waals surface area contributed by atoms with Crippen LogP contribution in [-0.4, -0.2) is 72.0 Å². The Morgan fingerprint density at radius 1 is 1.14 bits per heavy atom. The number of imidazole rings is 1. The summed E-state index contributed by atoms with van der Waals surface area (Å²) in [5.74, 6) is 0. The number of aromatic nitrogens is 3. The second kappa shape index (κ2) is 10.1. The van der Waals surface area contributed by atoms with E-state index < -0.39 is 20.3 Å². The number of fused-ring (bicyclic) bond motifs is 2. The van der Waals surface area contributed by atoms with E-state index in [1.165, 1.54) is 0 Å². The Kier molecular flexibility index (Phi) is 7.24. The Morgan fingerprint density at radius 3 is 2.63 bits per heavy atom. The Balaban J connectivity index is 1.47. The first-order valence-electron chi connectivity index (χ1n) is 11.7. The quantitative estimate of drug-likeness (QED) is 0.303. The van der Waals surface area contributed by atoms with Crippen LogP contribution in [0.25, 0.3) is 22.4 Å². The number of rotatable bonds is 8. The summed E-state index contributed by atoms with van der Waals surface area (Å²) in [4.78, 5) is 9.56. The normalized spacial score (nSPS) is 24.3. The minimum atomic E-state index is -1.24. The second-order valence-electron chi connectivity index (χ2n) is 10.2. The molecule has 0 aliphatic carbocycles. The molecule has 1 aromatic carbocycles. The van der Waals surface area contributed by atoms with Crippen molar-refractivity contribution >= 4 is 46.8 Å². The Hall–Kier alpha value is -1.53. The molecule has 2 aliphatic heterocycles. The van der Waals surface area contributed by atoms with Crippen molar-refractivity contribution in [2.24, 2.45) is 0 Å². The molecule has 8 nitrogen and oxygen atoms in total. The molecule has 1 unspecified atom stereocenters. The first-order chi connectivity index (χ1) is 16.7. The van der Waals surface area contributed by atoms with Gasteiger partial charge in [-0.05, 0) is 24.2 Å². The lowest BCUT2D eigenvalue weighted by molar-refractivity contribution is 0.00336. The fourth-order valence-electron chi connectivity index (χ4n) is 4.24. The van der Waals surface area contributed by atoms with Gasteiger partial charge >= 0.3 is 6.01 Å². The first-order valence-corrected chi connectivity index (χ1v) is 16.6. The molecule has 1 N–H and O–H groups in total. The van der Waals surface area contributed by atoms with Crippen LogP contribution in [0.3, 0.4) is 0 Å². The highest BCUT2D eigenvalue weighted by Gasteiger charge is 2.48. The van der Waals surface area contributed by atoms with Crippen molar-refractivity contribution in [1.29, 1.82) is 0 Å². The summed E-state index contributed by atoms with van der Waals surface area (Å²) < 4.78 is 26.6. The van der Waals surface area contributed by atoms with Crippen LogP contribution >= 0.6 is 27.5 Å².